The quantitative estimate of drug-likeness (QED) is 0.658. The highest BCUT2D eigenvalue weighted by molar-refractivity contribution is 6.34. The van der Waals surface area contributed by atoms with Crippen LogP contribution in [0.25, 0.3) is 10.9 Å². The van der Waals surface area contributed by atoms with Crippen LogP contribution < -0.4 is 0 Å². The summed E-state index contributed by atoms with van der Waals surface area (Å²) in [5.41, 5.74) is 0.976. The van der Waals surface area contributed by atoms with Gasteiger partial charge in [-0.1, -0.05) is 11.6 Å². The van der Waals surface area contributed by atoms with Gasteiger partial charge in [0.1, 0.15) is 5.02 Å². The number of carboxylic acids is 1. The number of carboxylic acid groups (broad SMARTS) is 1. The van der Waals surface area contributed by atoms with Crippen molar-refractivity contribution in [1.29, 1.82) is 0 Å². The number of nitro groups is 1. The van der Waals surface area contributed by atoms with Crippen molar-refractivity contribution in [3.63, 3.8) is 0 Å². The summed E-state index contributed by atoms with van der Waals surface area (Å²) in [4.78, 5) is 23.9. The molecule has 0 amide bonds. The van der Waals surface area contributed by atoms with Crippen LogP contribution in [-0.4, -0.2) is 21.0 Å². The molecule has 2 aromatic rings. The van der Waals surface area contributed by atoms with E-state index in [0.29, 0.717) is 16.5 Å². The second-order valence-corrected chi connectivity index (χ2v) is 4.19. The molecule has 0 aliphatic carbocycles. The van der Waals surface area contributed by atoms with E-state index in [9.17, 15) is 14.9 Å². The van der Waals surface area contributed by atoms with E-state index in [1.54, 1.807) is 12.3 Å². The summed E-state index contributed by atoms with van der Waals surface area (Å²) >= 11 is 5.82. The Balaban J connectivity index is 2.58. The highest BCUT2D eigenvalue weighted by Crippen LogP contribution is 2.35. The molecule has 0 aliphatic heterocycles. The number of aromatic amines is 1. The molecular weight excluding hydrogens is 260 g/mol. The molecule has 0 unspecified atom stereocenters. The molecule has 0 atom stereocenters. The molecule has 6 nitrogen and oxygen atoms in total. The average molecular weight is 269 g/mol. The van der Waals surface area contributed by atoms with Gasteiger partial charge < -0.3 is 10.1 Å². The van der Waals surface area contributed by atoms with Gasteiger partial charge in [-0.05, 0) is 24.1 Å². The number of nitrogens with zero attached hydrogens (tertiary/aromatic N) is 1. The van der Waals surface area contributed by atoms with Gasteiger partial charge in [0.2, 0.25) is 0 Å². The second-order valence-electron chi connectivity index (χ2n) is 3.78. The molecule has 18 heavy (non-hydrogen) atoms. The minimum Gasteiger partial charge on any atom is -0.481 e. The lowest BCUT2D eigenvalue weighted by Crippen LogP contribution is -1.98. The number of H-pyrrole nitrogens is 1. The first-order valence-electron chi connectivity index (χ1n) is 5.15. The van der Waals surface area contributed by atoms with Crippen LogP contribution in [0.15, 0.2) is 18.3 Å². The van der Waals surface area contributed by atoms with Crippen molar-refractivity contribution in [2.75, 3.05) is 0 Å². The van der Waals surface area contributed by atoms with Crippen LogP contribution in [0.5, 0.6) is 0 Å². The Bertz CT molecular complexity index is 635. The Kier molecular flexibility index (Phi) is 3.20. The Labute approximate surface area is 106 Å². The second kappa shape index (κ2) is 4.66. The number of rotatable bonds is 4. The fourth-order valence-corrected chi connectivity index (χ4v) is 2.09. The standard InChI is InChI=1S/C11H9ClN2O4/c12-7-2-3-8-10(11(7)14(17)18)6(5-13-8)1-4-9(15)16/h2-3,5,13H,1,4H2,(H,15,16). The van der Waals surface area contributed by atoms with Crippen LogP contribution in [-0.2, 0) is 11.2 Å². The number of aliphatic carboxylic acids is 1. The molecule has 7 heteroatoms. The van der Waals surface area contributed by atoms with Crippen LogP contribution in [0, 0.1) is 10.1 Å². The zero-order valence-corrected chi connectivity index (χ0v) is 9.90. The van der Waals surface area contributed by atoms with Crippen LogP contribution in [0.3, 0.4) is 0 Å². The minimum absolute atomic E-state index is 0.0451. The number of hydrogen-bond acceptors (Lipinski definition) is 3. The number of aryl methyl sites for hydroxylation is 1. The molecule has 1 aromatic heterocycles. The first-order chi connectivity index (χ1) is 8.50. The Hall–Kier alpha value is -2.08. The molecule has 0 bridgehead atoms. The molecule has 2 N–H and O–H groups in total. The molecule has 0 saturated carbocycles. The molecule has 2 rings (SSSR count). The van der Waals surface area contributed by atoms with Crippen molar-refractivity contribution in [2.45, 2.75) is 12.8 Å². The predicted octanol–water partition coefficient (Wildman–Crippen LogP) is 2.75. The van der Waals surface area contributed by atoms with Gasteiger partial charge in [0.25, 0.3) is 5.69 Å². The van der Waals surface area contributed by atoms with E-state index in [2.05, 4.69) is 4.98 Å². The number of benzene rings is 1. The smallest absolute Gasteiger partial charge is 0.303 e. The fourth-order valence-electron chi connectivity index (χ4n) is 1.87. The molecule has 0 saturated heterocycles. The summed E-state index contributed by atoms with van der Waals surface area (Å²) in [5, 5.41) is 20.1. The summed E-state index contributed by atoms with van der Waals surface area (Å²) in [5.74, 6) is -0.950. The van der Waals surface area contributed by atoms with Crippen LogP contribution in [0.1, 0.15) is 12.0 Å². The van der Waals surface area contributed by atoms with Gasteiger partial charge in [0.05, 0.1) is 15.8 Å². The van der Waals surface area contributed by atoms with Crippen molar-refractivity contribution in [3.05, 3.63) is 39.0 Å². The number of carbonyl (C=O) groups is 1. The summed E-state index contributed by atoms with van der Waals surface area (Å²) in [7, 11) is 0. The predicted molar refractivity (Wildman–Crippen MR) is 65.9 cm³/mol. The maximum atomic E-state index is 11.0. The highest BCUT2D eigenvalue weighted by atomic mass is 35.5. The number of nitrogens with one attached hydrogen (secondary N) is 1. The van der Waals surface area contributed by atoms with Gasteiger partial charge in [-0.3, -0.25) is 14.9 Å². The Morgan fingerprint density at radius 2 is 2.22 bits per heavy atom. The van der Waals surface area contributed by atoms with Gasteiger partial charge in [-0.25, -0.2) is 0 Å². The molecule has 0 radical (unpaired) electrons. The molecule has 94 valence electrons. The number of nitro benzene ring substituents is 1. The van der Waals surface area contributed by atoms with Gasteiger partial charge in [-0.2, -0.15) is 0 Å². The zero-order chi connectivity index (χ0) is 13.3. The summed E-state index contributed by atoms with van der Waals surface area (Å²) in [6.07, 6.45) is 1.71. The van der Waals surface area contributed by atoms with E-state index in [-0.39, 0.29) is 23.6 Å². The monoisotopic (exact) mass is 268 g/mol. The van der Waals surface area contributed by atoms with Crippen molar-refractivity contribution in [3.8, 4) is 0 Å². The zero-order valence-electron chi connectivity index (χ0n) is 9.14. The molecule has 0 fully saturated rings. The van der Waals surface area contributed by atoms with Crippen molar-refractivity contribution in [1.82, 2.24) is 4.98 Å². The van der Waals surface area contributed by atoms with E-state index >= 15 is 0 Å². The fraction of sp³-hybridized carbons (Fsp3) is 0.182. The molecular formula is C11H9ClN2O4. The average Bonchev–Trinajstić information content (AvgIpc) is 2.68. The summed E-state index contributed by atoms with van der Waals surface area (Å²) in [6, 6.07) is 3.08. The van der Waals surface area contributed by atoms with E-state index in [1.165, 1.54) is 6.07 Å². The lowest BCUT2D eigenvalue weighted by atomic mass is 10.1. The van der Waals surface area contributed by atoms with Gasteiger partial charge >= 0.3 is 5.97 Å². The highest BCUT2D eigenvalue weighted by Gasteiger charge is 2.21. The van der Waals surface area contributed by atoms with E-state index in [1.807, 2.05) is 0 Å². The lowest BCUT2D eigenvalue weighted by molar-refractivity contribution is -0.382. The number of halogens is 1. The third-order valence-corrected chi connectivity index (χ3v) is 2.95. The molecule has 0 aliphatic rings. The lowest BCUT2D eigenvalue weighted by Gasteiger charge is -2.00. The van der Waals surface area contributed by atoms with Crippen LogP contribution >= 0.6 is 11.6 Å². The molecule has 1 aromatic carbocycles. The van der Waals surface area contributed by atoms with E-state index in [4.69, 9.17) is 16.7 Å². The third-order valence-electron chi connectivity index (χ3n) is 2.64. The summed E-state index contributed by atoms with van der Waals surface area (Å²) < 4.78 is 0. The van der Waals surface area contributed by atoms with E-state index in [0.717, 1.165) is 0 Å². The largest absolute Gasteiger partial charge is 0.481 e. The number of aromatic nitrogens is 1. The van der Waals surface area contributed by atoms with E-state index < -0.39 is 10.9 Å². The third kappa shape index (κ3) is 2.14. The van der Waals surface area contributed by atoms with Crippen LogP contribution in [0.2, 0.25) is 5.02 Å². The normalized spacial score (nSPS) is 10.7. The number of fused-ring (bicyclic) bond motifs is 1. The van der Waals surface area contributed by atoms with Gasteiger partial charge in [0, 0.05) is 12.6 Å². The van der Waals surface area contributed by atoms with Crippen molar-refractivity contribution in [2.24, 2.45) is 0 Å². The van der Waals surface area contributed by atoms with Gasteiger partial charge in [0.15, 0.2) is 0 Å². The topological polar surface area (TPSA) is 96.2 Å². The maximum Gasteiger partial charge on any atom is 0.303 e. The van der Waals surface area contributed by atoms with Crippen LogP contribution in [0.4, 0.5) is 5.69 Å². The van der Waals surface area contributed by atoms with Crippen molar-refractivity contribution >= 4 is 34.2 Å². The Morgan fingerprint density at radius 1 is 1.50 bits per heavy atom. The number of hydrogen-bond donors (Lipinski definition) is 2. The molecule has 1 heterocycles. The first kappa shape index (κ1) is 12.4. The van der Waals surface area contributed by atoms with Gasteiger partial charge in [-0.15, -0.1) is 0 Å². The maximum absolute atomic E-state index is 11.0. The Morgan fingerprint density at radius 3 is 2.83 bits per heavy atom. The minimum atomic E-state index is -0.950. The molecule has 0 spiro atoms. The van der Waals surface area contributed by atoms with Crippen molar-refractivity contribution < 1.29 is 14.8 Å². The SMILES string of the molecule is O=C(O)CCc1c[nH]c2ccc(Cl)c([N+](=O)[O-])c12. The summed E-state index contributed by atoms with van der Waals surface area (Å²) in [6.45, 7) is 0. The first-order valence-corrected chi connectivity index (χ1v) is 5.53.